The molecule has 0 radical (unpaired) electrons. The van der Waals surface area contributed by atoms with Gasteiger partial charge < -0.3 is 9.73 Å². The Morgan fingerprint density at radius 1 is 1.16 bits per heavy atom. The molecule has 2 aromatic rings. The molecule has 0 aliphatic carbocycles. The molecule has 1 heterocycles. The maximum Gasteiger partial charge on any atom is 0.101 e. The molecule has 0 saturated carbocycles. The van der Waals surface area contributed by atoms with Crippen LogP contribution in [0, 0.1) is 6.92 Å². The number of furan rings is 1. The molecule has 1 aromatic carbocycles. The van der Waals surface area contributed by atoms with Crippen LogP contribution in [0.4, 0.5) is 0 Å². The van der Waals surface area contributed by atoms with Crippen LogP contribution in [-0.4, -0.2) is 7.05 Å². The molecule has 0 bridgehead atoms. The second kappa shape index (κ2) is 6.07. The van der Waals surface area contributed by atoms with Crippen LogP contribution in [0.25, 0.3) is 0 Å². The van der Waals surface area contributed by atoms with E-state index in [0.29, 0.717) is 0 Å². The molecule has 2 heteroatoms. The normalized spacial score (nSPS) is 12.6. The van der Waals surface area contributed by atoms with Crippen molar-refractivity contribution >= 4 is 0 Å². The Hall–Kier alpha value is -1.54. The van der Waals surface area contributed by atoms with Gasteiger partial charge in [0.2, 0.25) is 0 Å². The van der Waals surface area contributed by atoms with Gasteiger partial charge in [-0.15, -0.1) is 0 Å². The number of hydrogen-bond donors (Lipinski definition) is 1. The summed E-state index contributed by atoms with van der Waals surface area (Å²) in [6, 6.07) is 9.13. The lowest BCUT2D eigenvalue weighted by atomic mass is 9.92. The molecule has 0 saturated heterocycles. The van der Waals surface area contributed by atoms with Crippen molar-refractivity contribution in [3.8, 4) is 0 Å². The minimum absolute atomic E-state index is 0.207. The van der Waals surface area contributed by atoms with E-state index in [0.717, 1.165) is 18.6 Å². The topological polar surface area (TPSA) is 25.2 Å². The van der Waals surface area contributed by atoms with Crippen LogP contribution in [0.15, 0.2) is 34.9 Å². The highest BCUT2D eigenvalue weighted by Gasteiger charge is 2.17. The lowest BCUT2D eigenvalue weighted by Gasteiger charge is -2.19. The summed E-state index contributed by atoms with van der Waals surface area (Å²) < 4.78 is 5.46. The lowest BCUT2D eigenvalue weighted by Crippen LogP contribution is -2.19. The van der Waals surface area contributed by atoms with E-state index in [1.165, 1.54) is 22.3 Å². The van der Waals surface area contributed by atoms with Crippen molar-refractivity contribution in [1.29, 1.82) is 0 Å². The summed E-state index contributed by atoms with van der Waals surface area (Å²) in [6.45, 7) is 6.39. The monoisotopic (exact) mass is 257 g/mol. The maximum atomic E-state index is 5.46. The highest BCUT2D eigenvalue weighted by atomic mass is 16.3. The van der Waals surface area contributed by atoms with Crippen LogP contribution in [0.3, 0.4) is 0 Å². The molecule has 1 N–H and O–H groups in total. The Morgan fingerprint density at radius 2 is 1.95 bits per heavy atom. The van der Waals surface area contributed by atoms with Gasteiger partial charge in [-0.25, -0.2) is 0 Å². The molecule has 1 atom stereocenters. The quantitative estimate of drug-likeness (QED) is 0.875. The highest BCUT2D eigenvalue weighted by Crippen LogP contribution is 2.28. The molecule has 0 spiro atoms. The standard InChI is InChI=1S/C17H23NO/c1-5-13-7-8-14(6-2)16(10-13)17(18-4)15-9-12(3)19-11-15/h7-11,17-18H,5-6H2,1-4H3. The fourth-order valence-corrected chi connectivity index (χ4v) is 2.57. The van der Waals surface area contributed by atoms with Crippen molar-refractivity contribution < 1.29 is 4.42 Å². The van der Waals surface area contributed by atoms with E-state index in [9.17, 15) is 0 Å². The first kappa shape index (κ1) is 13.9. The van der Waals surface area contributed by atoms with Gasteiger partial charge in [0.15, 0.2) is 0 Å². The lowest BCUT2D eigenvalue weighted by molar-refractivity contribution is 0.527. The van der Waals surface area contributed by atoms with Crippen molar-refractivity contribution in [2.45, 2.75) is 39.7 Å². The summed E-state index contributed by atoms with van der Waals surface area (Å²) in [5.74, 6) is 0.958. The number of aryl methyl sites for hydroxylation is 3. The number of rotatable bonds is 5. The maximum absolute atomic E-state index is 5.46. The minimum atomic E-state index is 0.207. The van der Waals surface area contributed by atoms with Gasteiger partial charge in [0, 0.05) is 5.56 Å². The van der Waals surface area contributed by atoms with Gasteiger partial charge in [0.25, 0.3) is 0 Å². The molecule has 102 valence electrons. The predicted molar refractivity (Wildman–Crippen MR) is 79.5 cm³/mol. The average molecular weight is 257 g/mol. The first-order valence-electron chi connectivity index (χ1n) is 7.03. The van der Waals surface area contributed by atoms with Gasteiger partial charge in [0.1, 0.15) is 5.76 Å². The molecule has 0 aliphatic rings. The van der Waals surface area contributed by atoms with E-state index in [4.69, 9.17) is 4.42 Å². The van der Waals surface area contributed by atoms with Gasteiger partial charge in [-0.1, -0.05) is 32.0 Å². The first-order chi connectivity index (χ1) is 9.19. The molecular formula is C17H23NO. The van der Waals surface area contributed by atoms with Crippen LogP contribution >= 0.6 is 0 Å². The van der Waals surface area contributed by atoms with Crippen LogP contribution < -0.4 is 5.32 Å². The van der Waals surface area contributed by atoms with Crippen LogP contribution in [0.2, 0.25) is 0 Å². The average Bonchev–Trinajstić information content (AvgIpc) is 2.86. The largest absolute Gasteiger partial charge is 0.469 e. The second-order valence-electron chi connectivity index (χ2n) is 4.95. The third-order valence-corrected chi connectivity index (χ3v) is 3.68. The molecule has 19 heavy (non-hydrogen) atoms. The van der Waals surface area contributed by atoms with E-state index in [1.54, 1.807) is 0 Å². The Bertz CT molecular complexity index is 542. The van der Waals surface area contributed by atoms with Crippen LogP contribution in [0.5, 0.6) is 0 Å². The SMILES string of the molecule is CCc1ccc(CC)c(C(NC)c2coc(C)c2)c1. The minimum Gasteiger partial charge on any atom is -0.469 e. The highest BCUT2D eigenvalue weighted by molar-refractivity contribution is 5.39. The van der Waals surface area contributed by atoms with Crippen molar-refractivity contribution in [3.05, 3.63) is 58.5 Å². The Kier molecular flexibility index (Phi) is 4.43. The van der Waals surface area contributed by atoms with Gasteiger partial charge >= 0.3 is 0 Å². The Labute approximate surface area is 115 Å². The number of benzene rings is 1. The zero-order valence-corrected chi connectivity index (χ0v) is 12.3. The summed E-state index contributed by atoms with van der Waals surface area (Å²) in [5.41, 5.74) is 5.34. The summed E-state index contributed by atoms with van der Waals surface area (Å²) >= 11 is 0. The Balaban J connectivity index is 2.47. The third-order valence-electron chi connectivity index (χ3n) is 3.68. The molecule has 1 unspecified atom stereocenters. The summed E-state index contributed by atoms with van der Waals surface area (Å²) in [5, 5.41) is 3.41. The molecular weight excluding hydrogens is 234 g/mol. The van der Waals surface area contributed by atoms with Gasteiger partial charge in [-0.05, 0) is 49.6 Å². The zero-order valence-electron chi connectivity index (χ0n) is 12.3. The first-order valence-corrected chi connectivity index (χ1v) is 7.03. The second-order valence-corrected chi connectivity index (χ2v) is 4.95. The van der Waals surface area contributed by atoms with Crippen LogP contribution in [-0.2, 0) is 12.8 Å². The van der Waals surface area contributed by atoms with Crippen molar-refractivity contribution in [2.75, 3.05) is 7.05 Å². The number of nitrogens with one attached hydrogen (secondary N) is 1. The van der Waals surface area contributed by atoms with Gasteiger partial charge in [-0.3, -0.25) is 0 Å². The van der Waals surface area contributed by atoms with E-state index in [2.05, 4.69) is 43.4 Å². The van der Waals surface area contributed by atoms with E-state index < -0.39 is 0 Å². The molecule has 2 rings (SSSR count). The van der Waals surface area contributed by atoms with E-state index in [-0.39, 0.29) is 6.04 Å². The molecule has 2 nitrogen and oxygen atoms in total. The van der Waals surface area contributed by atoms with Crippen molar-refractivity contribution in [1.82, 2.24) is 5.32 Å². The molecule has 0 fully saturated rings. The third kappa shape index (κ3) is 2.90. The van der Waals surface area contributed by atoms with E-state index >= 15 is 0 Å². The smallest absolute Gasteiger partial charge is 0.101 e. The molecule has 0 aliphatic heterocycles. The predicted octanol–water partition coefficient (Wildman–Crippen LogP) is 4.02. The number of hydrogen-bond acceptors (Lipinski definition) is 2. The van der Waals surface area contributed by atoms with Gasteiger partial charge in [0.05, 0.1) is 12.3 Å². The fraction of sp³-hybridized carbons (Fsp3) is 0.412. The summed E-state index contributed by atoms with van der Waals surface area (Å²) in [6.07, 6.45) is 3.97. The molecule has 1 aromatic heterocycles. The summed E-state index contributed by atoms with van der Waals surface area (Å²) in [4.78, 5) is 0. The zero-order chi connectivity index (χ0) is 13.8. The fourth-order valence-electron chi connectivity index (χ4n) is 2.57. The van der Waals surface area contributed by atoms with Crippen molar-refractivity contribution in [3.63, 3.8) is 0 Å². The van der Waals surface area contributed by atoms with Gasteiger partial charge in [-0.2, -0.15) is 0 Å². The Morgan fingerprint density at radius 3 is 2.47 bits per heavy atom. The van der Waals surface area contributed by atoms with E-state index in [1.807, 2.05) is 20.2 Å². The molecule has 0 amide bonds. The summed E-state index contributed by atoms with van der Waals surface area (Å²) in [7, 11) is 2.01. The van der Waals surface area contributed by atoms with Crippen LogP contribution in [0.1, 0.15) is 47.9 Å². The van der Waals surface area contributed by atoms with Crippen molar-refractivity contribution in [2.24, 2.45) is 0 Å².